The number of aliphatic hydroxyl groups excluding tert-OH is 1. The van der Waals surface area contributed by atoms with Crippen molar-refractivity contribution in [2.24, 2.45) is 50.2 Å². The molecule has 1 N–H and O–H groups in total. The maximum atomic E-state index is 14.4. The van der Waals surface area contributed by atoms with Crippen LogP contribution in [0.4, 0.5) is 0 Å². The van der Waals surface area contributed by atoms with Crippen LogP contribution in [0, 0.1) is 61.6 Å². The molecule has 0 aliphatic heterocycles. The minimum absolute atomic E-state index is 0.0372. The number of ether oxygens (including phenoxy) is 1. The van der Waals surface area contributed by atoms with E-state index in [0.29, 0.717) is 12.8 Å². The van der Waals surface area contributed by atoms with Gasteiger partial charge < -0.3 is 9.84 Å². The Morgan fingerprint density at radius 1 is 1.08 bits per heavy atom. The van der Waals surface area contributed by atoms with E-state index in [1.807, 2.05) is 19.1 Å². The quantitative estimate of drug-likeness (QED) is 0.462. The summed E-state index contributed by atoms with van der Waals surface area (Å²) in [5, 5.41) is 19.9. The summed E-state index contributed by atoms with van der Waals surface area (Å²) in [5.74, 6) is -0.761. The van der Waals surface area contributed by atoms with Crippen molar-refractivity contribution in [2.75, 3.05) is 13.7 Å². The van der Waals surface area contributed by atoms with Crippen molar-refractivity contribution in [2.45, 2.75) is 92.9 Å². The molecular formula is C33H45NO5. The first-order chi connectivity index (χ1) is 18.1. The fourth-order valence-electron chi connectivity index (χ4n) is 10.5. The molecule has 6 nitrogen and oxygen atoms in total. The lowest BCUT2D eigenvalue weighted by Gasteiger charge is -2.69. The Kier molecular flexibility index (Phi) is 6.25. The first-order valence-electron chi connectivity index (χ1n) is 14.7. The number of methoxy groups -OCH3 is 1. The Morgan fingerprint density at radius 3 is 2.36 bits per heavy atom. The number of carbonyl (C=O) groups excluding carboxylic acids is 3. The molecule has 6 heteroatoms. The molecule has 39 heavy (non-hydrogen) atoms. The van der Waals surface area contributed by atoms with E-state index in [1.54, 1.807) is 0 Å². The summed E-state index contributed by atoms with van der Waals surface area (Å²) in [7, 11) is 1.47. The zero-order valence-electron chi connectivity index (χ0n) is 24.8. The lowest BCUT2D eigenvalue weighted by molar-refractivity contribution is -0.191. The van der Waals surface area contributed by atoms with Gasteiger partial charge in [0, 0.05) is 23.4 Å². The molecule has 5 aliphatic carbocycles. The Balaban J connectivity index is 1.70. The van der Waals surface area contributed by atoms with E-state index < -0.39 is 16.2 Å². The summed E-state index contributed by atoms with van der Waals surface area (Å²) in [5.41, 5.74) is -1.65. The Morgan fingerprint density at radius 2 is 1.74 bits per heavy atom. The number of aliphatic hydroxyl groups is 1. The highest BCUT2D eigenvalue weighted by Gasteiger charge is 2.71. The monoisotopic (exact) mass is 535 g/mol. The second kappa shape index (κ2) is 8.62. The van der Waals surface area contributed by atoms with Crippen LogP contribution in [0.5, 0.6) is 0 Å². The molecule has 0 aromatic heterocycles. The minimum Gasteiger partial charge on any atom is -0.469 e. The number of nitriles is 1. The highest BCUT2D eigenvalue weighted by atomic mass is 16.5. The lowest BCUT2D eigenvalue weighted by atomic mass is 9.34. The molecule has 3 fully saturated rings. The molecule has 0 aromatic rings. The predicted octanol–water partition coefficient (Wildman–Crippen LogP) is 5.74. The fourth-order valence-corrected chi connectivity index (χ4v) is 10.5. The Bertz CT molecular complexity index is 1240. The molecule has 8 atom stereocenters. The summed E-state index contributed by atoms with van der Waals surface area (Å²) in [6, 6.07) is 2.15. The van der Waals surface area contributed by atoms with Gasteiger partial charge in [-0.1, -0.05) is 53.2 Å². The third-order valence-corrected chi connectivity index (χ3v) is 12.9. The number of carbonyl (C=O) groups is 3. The number of Topliss-reactive ketones (excluding diaryl/α,β-unsaturated/α-hetero) is 1. The van der Waals surface area contributed by atoms with Gasteiger partial charge in [-0.3, -0.25) is 14.4 Å². The molecular weight excluding hydrogens is 490 g/mol. The van der Waals surface area contributed by atoms with Gasteiger partial charge in [0.1, 0.15) is 6.07 Å². The predicted molar refractivity (Wildman–Crippen MR) is 147 cm³/mol. The van der Waals surface area contributed by atoms with E-state index in [1.165, 1.54) is 7.11 Å². The van der Waals surface area contributed by atoms with Gasteiger partial charge in [-0.15, -0.1) is 0 Å². The molecule has 5 aliphatic rings. The second-order valence-corrected chi connectivity index (χ2v) is 15.1. The fraction of sp³-hybridized carbons (Fsp3) is 0.758. The van der Waals surface area contributed by atoms with E-state index in [0.717, 1.165) is 44.1 Å². The van der Waals surface area contributed by atoms with Gasteiger partial charge in [-0.2, -0.15) is 5.26 Å². The molecule has 0 heterocycles. The molecule has 2 unspecified atom stereocenters. The van der Waals surface area contributed by atoms with Gasteiger partial charge in [0.05, 0.1) is 18.1 Å². The summed E-state index contributed by atoms with van der Waals surface area (Å²) < 4.78 is 5.41. The van der Waals surface area contributed by atoms with Crippen molar-refractivity contribution in [3.8, 4) is 6.07 Å². The summed E-state index contributed by atoms with van der Waals surface area (Å²) in [4.78, 5) is 41.3. The molecule has 212 valence electrons. The first-order valence-corrected chi connectivity index (χ1v) is 14.7. The van der Waals surface area contributed by atoms with E-state index in [9.17, 15) is 24.8 Å². The van der Waals surface area contributed by atoms with Gasteiger partial charge in [0.15, 0.2) is 11.6 Å². The number of fused-ring (bicyclic) bond motifs is 7. The van der Waals surface area contributed by atoms with Crippen molar-refractivity contribution >= 4 is 17.5 Å². The number of rotatable bonds is 3. The maximum absolute atomic E-state index is 14.4. The average molecular weight is 536 g/mol. The first kappa shape index (κ1) is 28.3. The van der Waals surface area contributed by atoms with E-state index in [4.69, 9.17) is 4.74 Å². The summed E-state index contributed by atoms with van der Waals surface area (Å²) >= 11 is 0. The summed E-state index contributed by atoms with van der Waals surface area (Å²) in [6.45, 7) is 12.9. The van der Waals surface area contributed by atoms with Crippen LogP contribution in [0.3, 0.4) is 0 Å². The maximum Gasteiger partial charge on any atom is 0.312 e. The summed E-state index contributed by atoms with van der Waals surface area (Å²) in [6.07, 6.45) is 9.56. The van der Waals surface area contributed by atoms with Gasteiger partial charge in [0.2, 0.25) is 0 Å². The molecule has 0 bridgehead atoms. The Labute approximate surface area is 233 Å². The average Bonchev–Trinajstić information content (AvgIpc) is 2.87. The van der Waals surface area contributed by atoms with Crippen LogP contribution in [0.1, 0.15) is 92.9 Å². The highest BCUT2D eigenvalue weighted by Crippen LogP contribution is 2.74. The normalized spacial score (nSPS) is 46.4. The van der Waals surface area contributed by atoms with Gasteiger partial charge in [0.25, 0.3) is 0 Å². The molecule has 0 radical (unpaired) electrons. The van der Waals surface area contributed by atoms with Crippen LogP contribution < -0.4 is 0 Å². The number of hydrogen-bond donors (Lipinski definition) is 1. The highest BCUT2D eigenvalue weighted by molar-refractivity contribution is 6.05. The van der Waals surface area contributed by atoms with Crippen LogP contribution in [0.2, 0.25) is 0 Å². The third-order valence-electron chi connectivity index (χ3n) is 12.9. The van der Waals surface area contributed by atoms with Crippen LogP contribution in [0.25, 0.3) is 0 Å². The number of hydrogen-bond acceptors (Lipinski definition) is 6. The van der Waals surface area contributed by atoms with Crippen molar-refractivity contribution in [1.29, 1.82) is 5.26 Å². The van der Waals surface area contributed by atoms with Crippen molar-refractivity contribution < 1.29 is 24.2 Å². The largest absolute Gasteiger partial charge is 0.469 e. The lowest BCUT2D eigenvalue weighted by Crippen LogP contribution is -2.66. The van der Waals surface area contributed by atoms with Crippen LogP contribution >= 0.6 is 0 Å². The Hall–Kier alpha value is -2.26. The number of allylic oxidation sites excluding steroid dienone is 4. The van der Waals surface area contributed by atoms with Crippen LogP contribution in [-0.4, -0.2) is 36.4 Å². The van der Waals surface area contributed by atoms with Crippen LogP contribution in [-0.2, 0) is 19.1 Å². The van der Waals surface area contributed by atoms with Crippen LogP contribution in [0.15, 0.2) is 23.3 Å². The van der Waals surface area contributed by atoms with E-state index in [2.05, 4.69) is 40.7 Å². The molecule has 0 saturated heterocycles. The molecule has 0 spiro atoms. The van der Waals surface area contributed by atoms with E-state index >= 15 is 0 Å². The van der Waals surface area contributed by atoms with E-state index in [-0.39, 0.29) is 63.7 Å². The third kappa shape index (κ3) is 3.44. The van der Waals surface area contributed by atoms with Crippen molar-refractivity contribution in [1.82, 2.24) is 0 Å². The number of nitrogens with zero attached hydrogens (tertiary/aromatic N) is 1. The number of esters is 1. The van der Waals surface area contributed by atoms with Crippen molar-refractivity contribution in [3.63, 3.8) is 0 Å². The van der Waals surface area contributed by atoms with Gasteiger partial charge in [-0.05, 0) is 85.5 Å². The standard InChI is InChI=1S/C33H45NO5/c1-28(2)10-12-33(27(38)39-7)13-11-32(6)25(21(33)18-28)22(36)16-24-30(4)17-20(19-34)26(37)29(3,14-15-35)23(30)8-9-31(24,32)5/h16-17,21,23,25,35H,8-15,18H2,1-7H3/t21?,23-,25?,29-,30-,31+,32+,33-/m0/s1. The van der Waals surface area contributed by atoms with Gasteiger partial charge in [-0.25, -0.2) is 0 Å². The molecule has 0 aromatic carbocycles. The minimum atomic E-state index is -0.869. The topological polar surface area (TPSA) is 104 Å². The smallest absolute Gasteiger partial charge is 0.312 e. The van der Waals surface area contributed by atoms with Gasteiger partial charge >= 0.3 is 5.97 Å². The molecule has 0 amide bonds. The van der Waals surface area contributed by atoms with Crippen molar-refractivity contribution in [3.05, 3.63) is 23.3 Å². The zero-order chi connectivity index (χ0) is 28.8. The molecule has 3 saturated carbocycles. The second-order valence-electron chi connectivity index (χ2n) is 15.1. The molecule has 5 rings (SSSR count). The SMILES string of the molecule is COC(=O)[C@]12CCC(C)(C)CC1C1C(=O)C=C3[C@@]4(C)C=C(C#N)C(=O)[C@@](C)(CCO)[C@@H]4CC[C@@]3(C)[C@]1(C)CC2. The zero-order valence-corrected chi connectivity index (χ0v) is 24.8. The number of ketones is 2.